The second-order valence-corrected chi connectivity index (χ2v) is 7.40. The summed E-state index contributed by atoms with van der Waals surface area (Å²) < 4.78 is 44.9. The molecule has 2 aromatic carbocycles. The van der Waals surface area contributed by atoms with Gasteiger partial charge in [-0.15, -0.1) is 0 Å². The Labute approximate surface area is 185 Å². The Balaban J connectivity index is 1.93. The molecule has 0 fully saturated rings. The Morgan fingerprint density at radius 2 is 1.85 bits per heavy atom. The number of halogens is 3. The first-order valence-corrected chi connectivity index (χ1v) is 10.1. The second kappa shape index (κ2) is 7.70. The van der Waals surface area contributed by atoms with E-state index in [-0.39, 0.29) is 27.6 Å². The highest BCUT2D eigenvalue weighted by molar-refractivity contribution is 6.07. The van der Waals surface area contributed by atoms with Gasteiger partial charge in [0.1, 0.15) is 17.2 Å². The van der Waals surface area contributed by atoms with Crippen LogP contribution < -0.4 is 5.73 Å². The lowest BCUT2D eigenvalue weighted by Gasteiger charge is -2.13. The van der Waals surface area contributed by atoms with E-state index in [4.69, 9.17) is 5.73 Å². The summed E-state index contributed by atoms with van der Waals surface area (Å²) >= 11 is 0. The number of hydrogen-bond acceptors (Lipinski definition) is 4. The van der Waals surface area contributed by atoms with E-state index in [9.17, 15) is 18.0 Å². The fourth-order valence-corrected chi connectivity index (χ4v) is 4.05. The number of fused-ring (bicyclic) bond motifs is 2. The summed E-state index contributed by atoms with van der Waals surface area (Å²) in [6.07, 6.45) is 3.11. The van der Waals surface area contributed by atoms with E-state index in [1.165, 1.54) is 18.2 Å². The van der Waals surface area contributed by atoms with Gasteiger partial charge >= 0.3 is 0 Å². The number of primary amides is 1. The van der Waals surface area contributed by atoms with Crippen molar-refractivity contribution in [2.24, 2.45) is 5.73 Å². The molecule has 0 radical (unpaired) electrons. The molecule has 0 saturated carbocycles. The monoisotopic (exact) mass is 447 g/mol. The van der Waals surface area contributed by atoms with Crippen LogP contribution >= 0.6 is 0 Å². The number of aryl methyl sites for hydroxylation is 1. The zero-order valence-corrected chi connectivity index (χ0v) is 17.3. The third-order valence-electron chi connectivity index (χ3n) is 5.50. The van der Waals surface area contributed by atoms with Gasteiger partial charge in [-0.25, -0.2) is 18.7 Å². The number of rotatable bonds is 4. The first-order valence-electron chi connectivity index (χ1n) is 10.1. The lowest BCUT2D eigenvalue weighted by atomic mass is 10.0. The van der Waals surface area contributed by atoms with Gasteiger partial charge in [-0.2, -0.15) is 4.39 Å². The Kier molecular flexibility index (Phi) is 4.81. The van der Waals surface area contributed by atoms with Crippen molar-refractivity contribution in [3.05, 3.63) is 83.8 Å². The summed E-state index contributed by atoms with van der Waals surface area (Å²) in [4.78, 5) is 24.4. The Hall–Kier alpha value is -4.27. The standard InChI is InChI=1S/C24H16F3N5O/c1-2-19-31-22-14(24(28)33)10-12(13-6-8-30-23(27)21(13)26)11-18(22)32(19)17-7-9-29-16-5-3-4-15(25)20(16)17/h3-11H,2H2,1H3,(H2,28,33). The minimum absolute atomic E-state index is 0.0337. The van der Waals surface area contributed by atoms with Gasteiger partial charge in [0, 0.05) is 24.4 Å². The summed E-state index contributed by atoms with van der Waals surface area (Å²) in [5, 5.41) is 0.265. The first-order chi connectivity index (χ1) is 15.9. The van der Waals surface area contributed by atoms with Crippen molar-refractivity contribution >= 4 is 27.8 Å². The van der Waals surface area contributed by atoms with E-state index in [2.05, 4.69) is 15.0 Å². The molecule has 3 aromatic heterocycles. The van der Waals surface area contributed by atoms with Crippen LogP contribution in [-0.4, -0.2) is 25.4 Å². The van der Waals surface area contributed by atoms with E-state index in [0.29, 0.717) is 29.0 Å². The van der Waals surface area contributed by atoms with Gasteiger partial charge in [0.15, 0.2) is 5.82 Å². The quantitative estimate of drug-likeness (QED) is 0.404. The molecule has 3 heterocycles. The predicted octanol–water partition coefficient (Wildman–Crippen LogP) is 4.71. The van der Waals surface area contributed by atoms with Crippen LogP contribution in [-0.2, 0) is 6.42 Å². The predicted molar refractivity (Wildman–Crippen MR) is 117 cm³/mol. The molecule has 6 nitrogen and oxygen atoms in total. The van der Waals surface area contributed by atoms with Gasteiger partial charge in [0.05, 0.1) is 27.7 Å². The van der Waals surface area contributed by atoms with Crippen LogP contribution in [0.2, 0.25) is 0 Å². The molecule has 0 aliphatic rings. The number of carbonyl (C=O) groups is 1. The number of nitrogens with two attached hydrogens (primary N) is 1. The molecule has 0 unspecified atom stereocenters. The molecule has 0 aliphatic heterocycles. The minimum atomic E-state index is -1.27. The smallest absolute Gasteiger partial charge is 0.250 e. The van der Waals surface area contributed by atoms with Crippen molar-refractivity contribution < 1.29 is 18.0 Å². The van der Waals surface area contributed by atoms with Crippen LogP contribution in [0.25, 0.3) is 38.8 Å². The fourth-order valence-electron chi connectivity index (χ4n) is 4.05. The molecule has 0 saturated heterocycles. The molecule has 9 heteroatoms. The maximum atomic E-state index is 14.9. The first kappa shape index (κ1) is 20.6. The van der Waals surface area contributed by atoms with Crippen LogP contribution in [0.4, 0.5) is 13.2 Å². The summed E-state index contributed by atoms with van der Waals surface area (Å²) in [6.45, 7) is 1.86. The van der Waals surface area contributed by atoms with E-state index in [1.54, 1.807) is 35.0 Å². The number of benzene rings is 2. The molecule has 164 valence electrons. The molecule has 1 amide bonds. The lowest BCUT2D eigenvalue weighted by molar-refractivity contribution is 0.100. The van der Waals surface area contributed by atoms with Crippen molar-refractivity contribution in [2.45, 2.75) is 13.3 Å². The normalized spacial score (nSPS) is 11.4. The number of carbonyl (C=O) groups excluding carboxylic acids is 1. The molecule has 0 atom stereocenters. The van der Waals surface area contributed by atoms with E-state index in [1.807, 2.05) is 6.92 Å². The third kappa shape index (κ3) is 3.20. The van der Waals surface area contributed by atoms with Crippen LogP contribution in [0.5, 0.6) is 0 Å². The zero-order chi connectivity index (χ0) is 23.3. The van der Waals surface area contributed by atoms with Crippen molar-refractivity contribution in [1.82, 2.24) is 19.5 Å². The number of pyridine rings is 2. The summed E-state index contributed by atoms with van der Waals surface area (Å²) in [6, 6.07) is 10.4. The highest BCUT2D eigenvalue weighted by Crippen LogP contribution is 2.34. The molecule has 2 N–H and O–H groups in total. The molecule has 0 aliphatic carbocycles. The number of imidazole rings is 1. The molecule has 0 spiro atoms. The maximum Gasteiger partial charge on any atom is 0.250 e. The highest BCUT2D eigenvalue weighted by Gasteiger charge is 2.22. The van der Waals surface area contributed by atoms with Crippen LogP contribution in [0.15, 0.2) is 54.9 Å². The van der Waals surface area contributed by atoms with Gasteiger partial charge in [-0.1, -0.05) is 13.0 Å². The summed E-state index contributed by atoms with van der Waals surface area (Å²) in [5.41, 5.74) is 7.31. The van der Waals surface area contributed by atoms with Gasteiger partial charge in [-0.3, -0.25) is 14.3 Å². The molecular weight excluding hydrogens is 431 g/mol. The molecular formula is C24H16F3N5O. The fraction of sp³-hybridized carbons (Fsp3) is 0.0833. The SMILES string of the molecule is CCc1nc2c(C(N)=O)cc(-c3ccnc(F)c3F)cc2n1-c1ccnc2cccc(F)c12. The van der Waals surface area contributed by atoms with Gasteiger partial charge in [-0.05, 0) is 42.0 Å². The largest absolute Gasteiger partial charge is 0.366 e. The zero-order valence-electron chi connectivity index (χ0n) is 17.3. The molecule has 0 bridgehead atoms. The number of nitrogens with zero attached hydrogens (tertiary/aromatic N) is 4. The summed E-state index contributed by atoms with van der Waals surface area (Å²) in [5.74, 6) is -3.16. The Bertz CT molecular complexity index is 1570. The van der Waals surface area contributed by atoms with Gasteiger partial charge in [0.25, 0.3) is 5.91 Å². The summed E-state index contributed by atoms with van der Waals surface area (Å²) in [7, 11) is 0. The van der Waals surface area contributed by atoms with Crippen molar-refractivity contribution in [1.29, 1.82) is 0 Å². The van der Waals surface area contributed by atoms with Crippen molar-refractivity contribution in [3.63, 3.8) is 0 Å². The molecule has 5 aromatic rings. The van der Waals surface area contributed by atoms with Crippen LogP contribution in [0.1, 0.15) is 23.1 Å². The van der Waals surface area contributed by atoms with Crippen molar-refractivity contribution in [2.75, 3.05) is 0 Å². The van der Waals surface area contributed by atoms with E-state index in [0.717, 1.165) is 6.20 Å². The number of amides is 1. The Morgan fingerprint density at radius 3 is 2.61 bits per heavy atom. The van der Waals surface area contributed by atoms with E-state index < -0.39 is 23.5 Å². The van der Waals surface area contributed by atoms with Crippen molar-refractivity contribution in [3.8, 4) is 16.8 Å². The average molecular weight is 447 g/mol. The molecule has 5 rings (SSSR count). The van der Waals surface area contributed by atoms with Crippen LogP contribution in [0, 0.1) is 17.6 Å². The topological polar surface area (TPSA) is 86.7 Å². The average Bonchev–Trinajstić information content (AvgIpc) is 3.18. The van der Waals surface area contributed by atoms with Gasteiger partial charge in [0.2, 0.25) is 5.95 Å². The minimum Gasteiger partial charge on any atom is -0.366 e. The van der Waals surface area contributed by atoms with E-state index >= 15 is 0 Å². The number of aromatic nitrogens is 4. The van der Waals surface area contributed by atoms with Gasteiger partial charge < -0.3 is 5.73 Å². The highest BCUT2D eigenvalue weighted by atomic mass is 19.2. The third-order valence-corrected chi connectivity index (χ3v) is 5.50. The number of hydrogen-bond donors (Lipinski definition) is 1. The lowest BCUT2D eigenvalue weighted by Crippen LogP contribution is -2.12. The Morgan fingerprint density at radius 1 is 1.06 bits per heavy atom. The molecule has 33 heavy (non-hydrogen) atoms. The maximum absolute atomic E-state index is 14.9. The van der Waals surface area contributed by atoms with Crippen LogP contribution in [0.3, 0.4) is 0 Å². The second-order valence-electron chi connectivity index (χ2n) is 7.40.